The highest BCUT2D eigenvalue weighted by molar-refractivity contribution is 7.99. The quantitative estimate of drug-likeness (QED) is 0.888. The first-order valence-electron chi connectivity index (χ1n) is 6.66. The van der Waals surface area contributed by atoms with E-state index in [-0.39, 0.29) is 11.9 Å². The number of rotatable bonds is 6. The first kappa shape index (κ1) is 15.0. The molecule has 108 valence electrons. The normalized spacial score (nSPS) is 12.6. The van der Waals surface area contributed by atoms with Crippen molar-refractivity contribution in [2.75, 3.05) is 6.54 Å². The smallest absolute Gasteiger partial charge is 0.195 e. The molecule has 0 radical (unpaired) electrons. The molecular weight excluding hydrogens is 275 g/mol. The lowest BCUT2D eigenvalue weighted by Crippen LogP contribution is -2.19. The molecule has 1 N–H and O–H groups in total. The molecule has 1 heterocycles. The zero-order chi connectivity index (χ0) is 14.5. The van der Waals surface area contributed by atoms with Crippen molar-refractivity contribution in [2.24, 2.45) is 7.05 Å². The third kappa shape index (κ3) is 3.58. The monoisotopic (exact) mass is 294 g/mol. The van der Waals surface area contributed by atoms with E-state index < -0.39 is 0 Å². The maximum atomic E-state index is 14.2. The molecule has 0 bridgehead atoms. The second-order valence-corrected chi connectivity index (χ2v) is 5.70. The molecule has 1 atom stereocenters. The molecule has 1 aromatic heterocycles. The first-order chi connectivity index (χ1) is 9.61. The molecule has 0 aliphatic heterocycles. The number of aryl methyl sites for hydroxylation is 1. The Morgan fingerprint density at radius 3 is 2.85 bits per heavy atom. The predicted molar refractivity (Wildman–Crippen MR) is 78.2 cm³/mol. The second kappa shape index (κ2) is 6.85. The van der Waals surface area contributed by atoms with Crippen LogP contribution in [0, 0.1) is 5.82 Å². The predicted octanol–water partition coefficient (Wildman–Crippen LogP) is 3.17. The number of halogens is 1. The summed E-state index contributed by atoms with van der Waals surface area (Å²) in [5, 5.41) is 11.8. The van der Waals surface area contributed by atoms with Gasteiger partial charge in [-0.15, -0.1) is 10.2 Å². The van der Waals surface area contributed by atoms with Gasteiger partial charge in [0.25, 0.3) is 0 Å². The Kier molecular flexibility index (Phi) is 5.14. The van der Waals surface area contributed by atoms with Crippen LogP contribution in [0.5, 0.6) is 0 Å². The molecule has 1 unspecified atom stereocenters. The lowest BCUT2D eigenvalue weighted by Gasteiger charge is -2.14. The molecule has 0 amide bonds. The van der Waals surface area contributed by atoms with E-state index in [9.17, 15) is 4.39 Å². The van der Waals surface area contributed by atoms with E-state index in [2.05, 4.69) is 22.4 Å². The maximum absolute atomic E-state index is 14.2. The number of benzene rings is 1. The van der Waals surface area contributed by atoms with Crippen LogP contribution in [0.15, 0.2) is 34.6 Å². The summed E-state index contributed by atoms with van der Waals surface area (Å²) in [6.45, 7) is 5.08. The fraction of sp³-hybridized carbons (Fsp3) is 0.429. The SMILES string of the molecule is CCCNC(C)c1ccc(Sc2nncn2C)c(F)c1. The zero-order valence-corrected chi connectivity index (χ0v) is 12.7. The summed E-state index contributed by atoms with van der Waals surface area (Å²) in [5.41, 5.74) is 0.957. The fourth-order valence-electron chi connectivity index (χ4n) is 1.81. The van der Waals surface area contributed by atoms with E-state index in [1.165, 1.54) is 11.8 Å². The van der Waals surface area contributed by atoms with Crippen molar-refractivity contribution in [2.45, 2.75) is 36.4 Å². The number of nitrogens with one attached hydrogen (secondary N) is 1. The molecular formula is C14H19FN4S. The molecule has 2 aromatic rings. The van der Waals surface area contributed by atoms with Crippen LogP contribution >= 0.6 is 11.8 Å². The third-order valence-electron chi connectivity index (χ3n) is 3.03. The van der Waals surface area contributed by atoms with Crippen LogP contribution in [0.2, 0.25) is 0 Å². The average molecular weight is 294 g/mol. The van der Waals surface area contributed by atoms with E-state index in [4.69, 9.17) is 0 Å². The van der Waals surface area contributed by atoms with Crippen molar-refractivity contribution < 1.29 is 4.39 Å². The molecule has 0 saturated heterocycles. The minimum Gasteiger partial charge on any atom is -0.311 e. The van der Waals surface area contributed by atoms with Crippen LogP contribution in [0.4, 0.5) is 4.39 Å². The molecule has 6 heteroatoms. The van der Waals surface area contributed by atoms with Crippen LogP contribution in [-0.4, -0.2) is 21.3 Å². The number of aromatic nitrogens is 3. The lowest BCUT2D eigenvalue weighted by atomic mass is 10.1. The Morgan fingerprint density at radius 1 is 1.45 bits per heavy atom. The number of hydrogen-bond acceptors (Lipinski definition) is 4. The Balaban J connectivity index is 2.11. The minimum absolute atomic E-state index is 0.151. The van der Waals surface area contributed by atoms with Crippen LogP contribution in [0.3, 0.4) is 0 Å². The van der Waals surface area contributed by atoms with Gasteiger partial charge in [0.1, 0.15) is 12.1 Å². The second-order valence-electron chi connectivity index (χ2n) is 4.69. The van der Waals surface area contributed by atoms with Gasteiger partial charge in [-0.3, -0.25) is 0 Å². The molecule has 20 heavy (non-hydrogen) atoms. The van der Waals surface area contributed by atoms with Gasteiger partial charge in [0, 0.05) is 13.1 Å². The Morgan fingerprint density at radius 2 is 2.25 bits per heavy atom. The molecule has 0 aliphatic rings. The fourth-order valence-corrected chi connectivity index (χ4v) is 2.58. The van der Waals surface area contributed by atoms with Crippen molar-refractivity contribution in [3.05, 3.63) is 35.9 Å². The van der Waals surface area contributed by atoms with Crippen molar-refractivity contribution in [3.63, 3.8) is 0 Å². The van der Waals surface area contributed by atoms with Crippen LogP contribution in [-0.2, 0) is 7.05 Å². The topological polar surface area (TPSA) is 42.7 Å². The van der Waals surface area contributed by atoms with Crippen LogP contribution < -0.4 is 5.32 Å². The highest BCUT2D eigenvalue weighted by Gasteiger charge is 2.11. The van der Waals surface area contributed by atoms with Crippen molar-refractivity contribution in [1.29, 1.82) is 0 Å². The minimum atomic E-state index is -0.222. The van der Waals surface area contributed by atoms with Crippen LogP contribution in [0.25, 0.3) is 0 Å². The summed E-state index contributed by atoms with van der Waals surface area (Å²) in [6.07, 6.45) is 2.66. The van der Waals surface area contributed by atoms with E-state index in [1.54, 1.807) is 23.0 Å². The highest BCUT2D eigenvalue weighted by atomic mass is 32.2. The van der Waals surface area contributed by atoms with E-state index in [0.29, 0.717) is 10.1 Å². The van der Waals surface area contributed by atoms with E-state index >= 15 is 0 Å². The first-order valence-corrected chi connectivity index (χ1v) is 7.48. The van der Waals surface area contributed by atoms with Gasteiger partial charge in [-0.2, -0.15) is 0 Å². The molecule has 0 aliphatic carbocycles. The van der Waals surface area contributed by atoms with Gasteiger partial charge in [-0.05, 0) is 49.3 Å². The number of hydrogen-bond donors (Lipinski definition) is 1. The van der Waals surface area contributed by atoms with E-state index in [0.717, 1.165) is 18.5 Å². The summed E-state index contributed by atoms with van der Waals surface area (Å²) in [5.74, 6) is -0.222. The van der Waals surface area contributed by atoms with Gasteiger partial charge in [-0.25, -0.2) is 4.39 Å². The standard InChI is InChI=1S/C14H19FN4S/c1-4-7-16-10(2)11-5-6-13(12(15)8-11)20-14-18-17-9-19(14)3/h5-6,8-10,16H,4,7H2,1-3H3. The zero-order valence-electron chi connectivity index (χ0n) is 11.9. The molecule has 0 spiro atoms. The summed E-state index contributed by atoms with van der Waals surface area (Å²) >= 11 is 1.28. The van der Waals surface area contributed by atoms with Gasteiger partial charge >= 0.3 is 0 Å². The van der Waals surface area contributed by atoms with Gasteiger partial charge in [0.15, 0.2) is 5.16 Å². The van der Waals surface area contributed by atoms with Crippen molar-refractivity contribution in [1.82, 2.24) is 20.1 Å². The summed E-state index contributed by atoms with van der Waals surface area (Å²) in [4.78, 5) is 0.563. The molecule has 2 rings (SSSR count). The highest BCUT2D eigenvalue weighted by Crippen LogP contribution is 2.29. The summed E-state index contributed by atoms with van der Waals surface area (Å²) in [6, 6.07) is 5.49. The molecule has 0 fully saturated rings. The molecule has 4 nitrogen and oxygen atoms in total. The van der Waals surface area contributed by atoms with Crippen molar-refractivity contribution in [3.8, 4) is 0 Å². The third-order valence-corrected chi connectivity index (χ3v) is 4.13. The Labute approximate surface area is 122 Å². The summed E-state index contributed by atoms with van der Waals surface area (Å²) < 4.78 is 15.9. The Bertz CT molecular complexity index is 570. The Hall–Kier alpha value is -1.40. The van der Waals surface area contributed by atoms with E-state index in [1.807, 2.05) is 20.0 Å². The lowest BCUT2D eigenvalue weighted by molar-refractivity contribution is 0.556. The average Bonchev–Trinajstić information content (AvgIpc) is 2.84. The molecule has 0 saturated carbocycles. The van der Waals surface area contributed by atoms with Crippen LogP contribution in [0.1, 0.15) is 31.9 Å². The van der Waals surface area contributed by atoms with Gasteiger partial charge in [0.2, 0.25) is 0 Å². The summed E-state index contributed by atoms with van der Waals surface area (Å²) in [7, 11) is 1.84. The van der Waals surface area contributed by atoms with Gasteiger partial charge in [0.05, 0.1) is 4.90 Å². The van der Waals surface area contributed by atoms with Gasteiger partial charge < -0.3 is 9.88 Å². The molecule has 1 aromatic carbocycles. The van der Waals surface area contributed by atoms with Gasteiger partial charge in [-0.1, -0.05) is 13.0 Å². The maximum Gasteiger partial charge on any atom is 0.195 e. The van der Waals surface area contributed by atoms with Crippen molar-refractivity contribution >= 4 is 11.8 Å². The largest absolute Gasteiger partial charge is 0.311 e. The number of nitrogens with zero attached hydrogens (tertiary/aromatic N) is 3.